The number of rotatable bonds is 4. The van der Waals surface area contributed by atoms with Gasteiger partial charge in [-0.25, -0.2) is 4.79 Å². The molecule has 0 amide bonds. The van der Waals surface area contributed by atoms with Crippen molar-refractivity contribution < 1.29 is 4.42 Å². The van der Waals surface area contributed by atoms with E-state index in [-0.39, 0.29) is 11.3 Å². The van der Waals surface area contributed by atoms with Crippen molar-refractivity contribution in [1.29, 1.82) is 0 Å². The maximum absolute atomic E-state index is 11.9. The molecule has 1 unspecified atom stereocenters. The molecule has 4 nitrogen and oxygen atoms in total. The van der Waals surface area contributed by atoms with Gasteiger partial charge >= 0.3 is 5.76 Å². The zero-order chi connectivity index (χ0) is 14.0. The molecule has 0 spiro atoms. The van der Waals surface area contributed by atoms with Crippen LogP contribution in [0.4, 0.5) is 0 Å². The van der Waals surface area contributed by atoms with Crippen molar-refractivity contribution >= 4 is 11.1 Å². The van der Waals surface area contributed by atoms with E-state index in [2.05, 4.69) is 33.0 Å². The highest BCUT2D eigenvalue weighted by atomic mass is 16.4. The molecule has 1 aromatic heterocycles. The summed E-state index contributed by atoms with van der Waals surface area (Å²) >= 11 is 0. The van der Waals surface area contributed by atoms with E-state index in [9.17, 15) is 4.79 Å². The van der Waals surface area contributed by atoms with Crippen LogP contribution in [0, 0.1) is 5.92 Å². The lowest BCUT2D eigenvalue weighted by atomic mass is 10.1. The summed E-state index contributed by atoms with van der Waals surface area (Å²) in [6, 6.07) is 7.54. The van der Waals surface area contributed by atoms with Crippen LogP contribution in [0.3, 0.4) is 0 Å². The first-order valence-corrected chi connectivity index (χ1v) is 6.70. The number of fused-ring (bicyclic) bond motifs is 1. The molecule has 0 saturated carbocycles. The molecular formula is C15H22N2O2. The Morgan fingerprint density at radius 3 is 2.68 bits per heavy atom. The molecule has 0 bridgehead atoms. The first-order chi connectivity index (χ1) is 8.87. The van der Waals surface area contributed by atoms with Gasteiger partial charge in [0.15, 0.2) is 5.58 Å². The van der Waals surface area contributed by atoms with Crippen molar-refractivity contribution in [3.05, 3.63) is 34.8 Å². The average Bonchev–Trinajstić information content (AvgIpc) is 2.63. The topological polar surface area (TPSA) is 47.2 Å². The Morgan fingerprint density at radius 2 is 2.00 bits per heavy atom. The fraction of sp³-hybridized carbons (Fsp3) is 0.533. The van der Waals surface area contributed by atoms with Crippen molar-refractivity contribution in [2.24, 2.45) is 5.92 Å². The van der Waals surface area contributed by atoms with Crippen molar-refractivity contribution in [3.8, 4) is 0 Å². The highest BCUT2D eigenvalue weighted by molar-refractivity contribution is 5.72. The highest BCUT2D eigenvalue weighted by Gasteiger charge is 2.14. The molecule has 19 heavy (non-hydrogen) atoms. The van der Waals surface area contributed by atoms with Crippen molar-refractivity contribution in [1.82, 2.24) is 9.88 Å². The second kappa shape index (κ2) is 5.21. The number of aromatic nitrogens is 1. The van der Waals surface area contributed by atoms with Crippen molar-refractivity contribution in [3.63, 3.8) is 0 Å². The summed E-state index contributed by atoms with van der Waals surface area (Å²) in [7, 11) is 0. The molecule has 0 aliphatic heterocycles. The predicted octanol–water partition coefficient (Wildman–Crippen LogP) is 2.62. The quantitative estimate of drug-likeness (QED) is 0.921. The lowest BCUT2D eigenvalue weighted by molar-refractivity contribution is 0.354. The predicted molar refractivity (Wildman–Crippen MR) is 77.4 cm³/mol. The SMILES string of the molecule is CC(CNC(C)(C)C)Cn1c(=O)oc2ccccc21. The minimum absolute atomic E-state index is 0.0949. The number of benzene rings is 1. The largest absolute Gasteiger partial charge is 0.419 e. The van der Waals surface area contributed by atoms with Crippen molar-refractivity contribution in [2.75, 3.05) is 6.54 Å². The number of para-hydroxylation sites is 2. The molecule has 2 rings (SSSR count). The van der Waals surface area contributed by atoms with Gasteiger partial charge in [0, 0.05) is 12.1 Å². The second-order valence-electron chi connectivity index (χ2n) is 6.18. The molecule has 4 heteroatoms. The van der Waals surface area contributed by atoms with Crippen LogP contribution in [0.25, 0.3) is 11.1 Å². The fourth-order valence-electron chi connectivity index (χ4n) is 2.04. The number of oxazole rings is 1. The van der Waals surface area contributed by atoms with Gasteiger partial charge < -0.3 is 9.73 Å². The van der Waals surface area contributed by atoms with E-state index < -0.39 is 0 Å². The van der Waals surface area contributed by atoms with Gasteiger partial charge in [0.05, 0.1) is 5.52 Å². The summed E-state index contributed by atoms with van der Waals surface area (Å²) in [5.41, 5.74) is 1.62. The Kier molecular flexibility index (Phi) is 3.80. The smallest absolute Gasteiger partial charge is 0.408 e. The van der Waals surface area contributed by atoms with Gasteiger partial charge in [0.2, 0.25) is 0 Å². The first kappa shape index (κ1) is 13.9. The third kappa shape index (κ3) is 3.47. The summed E-state index contributed by atoms with van der Waals surface area (Å²) < 4.78 is 6.94. The molecule has 1 N–H and O–H groups in total. The van der Waals surface area contributed by atoms with Gasteiger partial charge in [0.25, 0.3) is 0 Å². The van der Waals surface area contributed by atoms with Gasteiger partial charge in [-0.05, 0) is 45.4 Å². The fourth-order valence-corrected chi connectivity index (χ4v) is 2.04. The average molecular weight is 262 g/mol. The van der Waals surface area contributed by atoms with Crippen LogP contribution in [0.2, 0.25) is 0 Å². The molecule has 1 atom stereocenters. The van der Waals surface area contributed by atoms with Crippen LogP contribution < -0.4 is 11.1 Å². The molecule has 0 aliphatic carbocycles. The molecule has 1 heterocycles. The van der Waals surface area contributed by atoms with Crippen LogP contribution in [-0.2, 0) is 6.54 Å². The Hall–Kier alpha value is -1.55. The molecule has 104 valence electrons. The van der Waals surface area contributed by atoms with E-state index in [1.165, 1.54) is 0 Å². The molecular weight excluding hydrogens is 240 g/mol. The number of hydrogen-bond donors (Lipinski definition) is 1. The maximum atomic E-state index is 11.9. The Bertz CT molecular complexity index is 604. The molecule has 0 radical (unpaired) electrons. The number of nitrogens with one attached hydrogen (secondary N) is 1. The van der Waals surface area contributed by atoms with Crippen LogP contribution in [-0.4, -0.2) is 16.7 Å². The maximum Gasteiger partial charge on any atom is 0.419 e. The minimum atomic E-state index is -0.274. The lowest BCUT2D eigenvalue weighted by Gasteiger charge is -2.23. The van der Waals surface area contributed by atoms with Gasteiger partial charge in [-0.3, -0.25) is 4.57 Å². The van der Waals surface area contributed by atoms with E-state index >= 15 is 0 Å². The summed E-state index contributed by atoms with van der Waals surface area (Å²) in [6.07, 6.45) is 0. The monoisotopic (exact) mass is 262 g/mol. The van der Waals surface area contributed by atoms with Crippen molar-refractivity contribution in [2.45, 2.75) is 39.8 Å². The van der Waals surface area contributed by atoms with Crippen LogP contribution in [0.1, 0.15) is 27.7 Å². The molecule has 0 saturated heterocycles. The van der Waals surface area contributed by atoms with Crippen LogP contribution in [0.15, 0.2) is 33.5 Å². The van der Waals surface area contributed by atoms with Gasteiger partial charge in [-0.1, -0.05) is 19.1 Å². The number of hydrogen-bond acceptors (Lipinski definition) is 3. The minimum Gasteiger partial charge on any atom is -0.408 e. The third-order valence-corrected chi connectivity index (χ3v) is 3.05. The van der Waals surface area contributed by atoms with E-state index in [1.807, 2.05) is 24.3 Å². The zero-order valence-electron chi connectivity index (χ0n) is 12.1. The highest BCUT2D eigenvalue weighted by Crippen LogP contribution is 2.13. The van der Waals surface area contributed by atoms with Gasteiger partial charge in [-0.15, -0.1) is 0 Å². The lowest BCUT2D eigenvalue weighted by Crippen LogP contribution is -2.39. The Labute approximate surface area is 113 Å². The van der Waals surface area contributed by atoms with Gasteiger partial charge in [-0.2, -0.15) is 0 Å². The molecule has 0 fully saturated rings. The summed E-state index contributed by atoms with van der Waals surface area (Å²) in [5, 5.41) is 3.46. The standard InChI is InChI=1S/C15H22N2O2/c1-11(9-16-15(2,3)4)10-17-12-7-5-6-8-13(12)19-14(17)18/h5-8,11,16H,9-10H2,1-4H3. The van der Waals surface area contributed by atoms with E-state index in [0.29, 0.717) is 18.0 Å². The normalized spacial score (nSPS) is 13.9. The molecule has 0 aliphatic rings. The Balaban J connectivity index is 2.13. The zero-order valence-corrected chi connectivity index (χ0v) is 12.1. The molecule has 1 aromatic carbocycles. The van der Waals surface area contributed by atoms with Crippen LogP contribution >= 0.6 is 0 Å². The summed E-state index contributed by atoms with van der Waals surface area (Å²) in [4.78, 5) is 11.9. The van der Waals surface area contributed by atoms with Crippen LogP contribution in [0.5, 0.6) is 0 Å². The number of nitrogens with zero attached hydrogens (tertiary/aromatic N) is 1. The van der Waals surface area contributed by atoms with Gasteiger partial charge in [0.1, 0.15) is 0 Å². The summed E-state index contributed by atoms with van der Waals surface area (Å²) in [6.45, 7) is 10.1. The summed E-state index contributed by atoms with van der Waals surface area (Å²) in [5.74, 6) is 0.0849. The second-order valence-corrected chi connectivity index (χ2v) is 6.18. The van der Waals surface area contributed by atoms with E-state index in [4.69, 9.17) is 4.42 Å². The Morgan fingerprint density at radius 1 is 1.32 bits per heavy atom. The first-order valence-electron chi connectivity index (χ1n) is 6.70. The van der Waals surface area contributed by atoms with E-state index in [0.717, 1.165) is 12.1 Å². The third-order valence-electron chi connectivity index (χ3n) is 3.05. The van der Waals surface area contributed by atoms with E-state index in [1.54, 1.807) is 4.57 Å². The molecule has 2 aromatic rings.